The molecule has 13 heavy (non-hydrogen) atoms. The molecule has 0 radical (unpaired) electrons. The Balaban J connectivity index is 2.85. The Morgan fingerprint density at radius 1 is 1.54 bits per heavy atom. The average Bonchev–Trinajstić information content (AvgIpc) is 2.26. The highest BCUT2D eigenvalue weighted by Crippen LogP contribution is 2.27. The minimum absolute atomic E-state index is 0.0681. The Morgan fingerprint density at radius 2 is 2.15 bits per heavy atom. The zero-order chi connectivity index (χ0) is 10.1. The van der Waals surface area contributed by atoms with E-state index in [-0.39, 0.29) is 10.7 Å². The van der Waals surface area contributed by atoms with Crippen LogP contribution in [0.15, 0.2) is 0 Å². The van der Waals surface area contributed by atoms with Gasteiger partial charge in [0.2, 0.25) is 0 Å². The molecule has 0 spiro atoms. The van der Waals surface area contributed by atoms with Gasteiger partial charge in [-0.2, -0.15) is 0 Å². The van der Waals surface area contributed by atoms with Crippen LogP contribution in [0.2, 0.25) is 5.15 Å². The molecule has 0 unspecified atom stereocenters. The molecule has 1 heterocycles. The van der Waals surface area contributed by atoms with Crippen LogP contribution in [0.4, 0.5) is 5.13 Å². The quantitative estimate of drug-likeness (QED) is 0.777. The van der Waals surface area contributed by atoms with Gasteiger partial charge in [-0.15, -0.1) is 0 Å². The van der Waals surface area contributed by atoms with Crippen LogP contribution in [-0.2, 0) is 0 Å². The van der Waals surface area contributed by atoms with Crippen molar-refractivity contribution in [1.82, 2.24) is 4.98 Å². The zero-order valence-electron chi connectivity index (χ0n) is 7.72. The highest BCUT2D eigenvalue weighted by molar-refractivity contribution is 7.17. The summed E-state index contributed by atoms with van der Waals surface area (Å²) in [5.41, 5.74) is -0.0681. The molecule has 0 aliphatic heterocycles. The average molecular weight is 219 g/mol. The first kappa shape index (κ1) is 10.5. The fourth-order valence-corrected chi connectivity index (χ4v) is 1.94. The summed E-state index contributed by atoms with van der Waals surface area (Å²) < 4.78 is 0. The molecule has 0 aromatic carbocycles. The maximum Gasteiger partial charge on any atom is 0.185 e. The summed E-state index contributed by atoms with van der Waals surface area (Å²) in [4.78, 5) is 14.9. The number of aromatic nitrogens is 1. The monoisotopic (exact) mass is 218 g/mol. The number of anilines is 1. The molecule has 1 N–H and O–H groups in total. The Bertz CT molecular complexity index is 316. The molecule has 0 saturated heterocycles. The van der Waals surface area contributed by atoms with Crippen LogP contribution in [0.3, 0.4) is 0 Å². The first-order valence-electron chi connectivity index (χ1n) is 3.82. The van der Waals surface area contributed by atoms with Crippen LogP contribution in [0.5, 0.6) is 0 Å². The number of carbonyl (C=O) groups excluding carboxylic acids is 1. The Morgan fingerprint density at radius 3 is 2.54 bits per heavy atom. The van der Waals surface area contributed by atoms with E-state index in [4.69, 9.17) is 11.6 Å². The van der Waals surface area contributed by atoms with E-state index in [1.54, 1.807) is 0 Å². The lowest BCUT2D eigenvalue weighted by Crippen LogP contribution is -2.25. The van der Waals surface area contributed by atoms with E-state index in [0.29, 0.717) is 16.3 Å². The summed E-state index contributed by atoms with van der Waals surface area (Å²) in [6, 6.07) is 0. The van der Waals surface area contributed by atoms with E-state index in [1.165, 1.54) is 11.3 Å². The van der Waals surface area contributed by atoms with Gasteiger partial charge in [-0.1, -0.05) is 22.9 Å². The van der Waals surface area contributed by atoms with Gasteiger partial charge in [0, 0.05) is 5.54 Å². The van der Waals surface area contributed by atoms with E-state index >= 15 is 0 Å². The van der Waals surface area contributed by atoms with Gasteiger partial charge in [0.05, 0.1) is 0 Å². The number of hydrogen-bond acceptors (Lipinski definition) is 4. The number of nitrogens with zero attached hydrogens (tertiary/aromatic N) is 1. The number of aldehydes is 1. The maximum atomic E-state index is 10.5. The summed E-state index contributed by atoms with van der Waals surface area (Å²) >= 11 is 6.97. The van der Waals surface area contributed by atoms with Gasteiger partial charge in [-0.3, -0.25) is 4.79 Å². The number of nitrogens with one attached hydrogen (secondary N) is 1. The van der Waals surface area contributed by atoms with Crippen molar-refractivity contribution in [3.05, 3.63) is 10.0 Å². The van der Waals surface area contributed by atoms with Gasteiger partial charge >= 0.3 is 0 Å². The van der Waals surface area contributed by atoms with E-state index in [9.17, 15) is 4.79 Å². The summed E-state index contributed by atoms with van der Waals surface area (Å²) in [6.07, 6.45) is 0.716. The van der Waals surface area contributed by atoms with Crippen molar-refractivity contribution in [3.8, 4) is 0 Å². The first-order valence-corrected chi connectivity index (χ1v) is 5.01. The number of halogens is 1. The van der Waals surface area contributed by atoms with Crippen LogP contribution >= 0.6 is 22.9 Å². The molecular weight excluding hydrogens is 208 g/mol. The minimum Gasteiger partial charge on any atom is -0.357 e. The Hall–Kier alpha value is -0.610. The molecule has 3 nitrogen and oxygen atoms in total. The highest BCUT2D eigenvalue weighted by atomic mass is 35.5. The fourth-order valence-electron chi connectivity index (χ4n) is 0.760. The molecule has 0 aliphatic carbocycles. The highest BCUT2D eigenvalue weighted by Gasteiger charge is 2.14. The van der Waals surface area contributed by atoms with E-state index in [0.717, 1.165) is 0 Å². The summed E-state index contributed by atoms with van der Waals surface area (Å²) in [5.74, 6) is 0. The summed E-state index contributed by atoms with van der Waals surface area (Å²) in [6.45, 7) is 6.05. The standard InChI is InChI=1S/C8H11ClN2OS/c1-8(2,3)11-7-10-6(9)5(4-12)13-7/h4H,1-3H3,(H,10,11). The lowest BCUT2D eigenvalue weighted by molar-refractivity contribution is 0.112. The van der Waals surface area contributed by atoms with Crippen LogP contribution < -0.4 is 5.32 Å². The Kier molecular flexibility index (Phi) is 2.93. The van der Waals surface area contributed by atoms with Gasteiger partial charge in [0.1, 0.15) is 4.88 Å². The number of hydrogen-bond donors (Lipinski definition) is 1. The SMILES string of the molecule is CC(C)(C)Nc1nc(Cl)c(C=O)s1. The molecule has 5 heteroatoms. The second-order valence-electron chi connectivity index (χ2n) is 3.67. The van der Waals surface area contributed by atoms with E-state index < -0.39 is 0 Å². The lowest BCUT2D eigenvalue weighted by Gasteiger charge is -2.19. The molecule has 1 rings (SSSR count). The third kappa shape index (κ3) is 2.97. The van der Waals surface area contributed by atoms with Crippen molar-refractivity contribution in [3.63, 3.8) is 0 Å². The fraction of sp³-hybridized carbons (Fsp3) is 0.500. The first-order chi connectivity index (χ1) is 5.92. The molecule has 0 amide bonds. The van der Waals surface area contributed by atoms with Crippen LogP contribution in [0.25, 0.3) is 0 Å². The second kappa shape index (κ2) is 3.64. The van der Waals surface area contributed by atoms with Crippen molar-refractivity contribution in [1.29, 1.82) is 0 Å². The molecule has 0 atom stereocenters. The molecule has 72 valence electrons. The van der Waals surface area contributed by atoms with E-state index in [2.05, 4.69) is 10.3 Å². The van der Waals surface area contributed by atoms with Gasteiger partial charge in [0.25, 0.3) is 0 Å². The molecule has 1 aromatic heterocycles. The van der Waals surface area contributed by atoms with Crippen LogP contribution in [0.1, 0.15) is 30.4 Å². The van der Waals surface area contributed by atoms with Crippen molar-refractivity contribution in [2.45, 2.75) is 26.3 Å². The van der Waals surface area contributed by atoms with E-state index in [1.807, 2.05) is 20.8 Å². The Labute approximate surface area is 86.1 Å². The molecular formula is C8H11ClN2OS. The van der Waals surface area contributed by atoms with Crippen LogP contribution in [-0.4, -0.2) is 16.8 Å². The topological polar surface area (TPSA) is 42.0 Å². The summed E-state index contributed by atoms with van der Waals surface area (Å²) in [7, 11) is 0. The molecule has 0 saturated carbocycles. The molecule has 0 bridgehead atoms. The summed E-state index contributed by atoms with van der Waals surface area (Å²) in [5, 5.41) is 4.09. The van der Waals surface area contributed by atoms with Gasteiger partial charge in [-0.05, 0) is 20.8 Å². The van der Waals surface area contributed by atoms with Crippen LogP contribution in [0, 0.1) is 0 Å². The largest absolute Gasteiger partial charge is 0.357 e. The normalized spacial score (nSPS) is 11.4. The zero-order valence-corrected chi connectivity index (χ0v) is 9.29. The minimum atomic E-state index is -0.0681. The van der Waals surface area contributed by atoms with Crippen molar-refractivity contribution >= 4 is 34.4 Å². The predicted octanol–water partition coefficient (Wildman–Crippen LogP) is 2.82. The number of rotatable bonds is 2. The third-order valence-corrected chi connectivity index (χ3v) is 2.49. The van der Waals surface area contributed by atoms with Gasteiger partial charge in [-0.25, -0.2) is 4.98 Å². The molecule has 0 fully saturated rings. The smallest absolute Gasteiger partial charge is 0.185 e. The molecule has 0 aliphatic rings. The van der Waals surface area contributed by atoms with Crippen molar-refractivity contribution in [2.75, 3.05) is 5.32 Å². The van der Waals surface area contributed by atoms with Gasteiger partial charge in [0.15, 0.2) is 16.6 Å². The lowest BCUT2D eigenvalue weighted by atomic mass is 10.1. The number of thiazole rings is 1. The van der Waals surface area contributed by atoms with Gasteiger partial charge < -0.3 is 5.32 Å². The number of carbonyl (C=O) groups is 1. The second-order valence-corrected chi connectivity index (χ2v) is 5.06. The van der Waals surface area contributed by atoms with Crippen molar-refractivity contribution < 1.29 is 4.79 Å². The third-order valence-electron chi connectivity index (χ3n) is 1.20. The predicted molar refractivity (Wildman–Crippen MR) is 55.9 cm³/mol. The van der Waals surface area contributed by atoms with Crippen molar-refractivity contribution in [2.24, 2.45) is 0 Å². The maximum absolute atomic E-state index is 10.5. The molecule has 1 aromatic rings.